The van der Waals surface area contributed by atoms with Gasteiger partial charge < -0.3 is 19.5 Å². The zero-order valence-corrected chi connectivity index (χ0v) is 15.2. The van der Waals surface area contributed by atoms with Crippen LogP contribution < -0.4 is 14.8 Å². The first-order valence-electron chi connectivity index (χ1n) is 8.44. The van der Waals surface area contributed by atoms with Crippen molar-refractivity contribution in [2.24, 2.45) is 0 Å². The summed E-state index contributed by atoms with van der Waals surface area (Å²) >= 11 is 0. The van der Waals surface area contributed by atoms with Crippen molar-refractivity contribution in [3.8, 4) is 11.5 Å². The fourth-order valence-electron chi connectivity index (χ4n) is 2.42. The van der Waals surface area contributed by atoms with E-state index in [0.29, 0.717) is 18.1 Å². The Morgan fingerprint density at radius 3 is 2.50 bits per heavy atom. The van der Waals surface area contributed by atoms with E-state index in [1.165, 1.54) is 13.2 Å². The Morgan fingerprint density at radius 2 is 1.81 bits per heavy atom. The topological polar surface area (TPSA) is 73.9 Å². The standard InChI is InChI=1S/C20H23NO5/c1-4-14-8-6-7-9-16(14)21-19(22)13-26-20(23)15-10-11-17(24-3)18(12-15)25-5-2/h6-12H,4-5,13H2,1-3H3,(H,21,22). The van der Waals surface area contributed by atoms with Crippen LogP contribution in [0.25, 0.3) is 0 Å². The maximum atomic E-state index is 12.2. The molecule has 2 aromatic carbocycles. The Kier molecular flexibility index (Phi) is 7.02. The van der Waals surface area contributed by atoms with E-state index in [2.05, 4.69) is 5.32 Å². The molecule has 0 saturated carbocycles. The lowest BCUT2D eigenvalue weighted by Gasteiger charge is -2.12. The number of benzene rings is 2. The molecule has 0 atom stereocenters. The Bertz CT molecular complexity index is 773. The minimum absolute atomic E-state index is 0.288. The summed E-state index contributed by atoms with van der Waals surface area (Å²) in [6.07, 6.45) is 0.794. The van der Waals surface area contributed by atoms with Crippen LogP contribution in [0.2, 0.25) is 0 Å². The van der Waals surface area contributed by atoms with E-state index in [1.54, 1.807) is 12.1 Å². The Balaban J connectivity index is 1.97. The quantitative estimate of drug-likeness (QED) is 0.733. The van der Waals surface area contributed by atoms with Gasteiger partial charge >= 0.3 is 5.97 Å². The number of esters is 1. The molecule has 0 radical (unpaired) electrons. The summed E-state index contributed by atoms with van der Waals surface area (Å²) in [6.45, 7) is 3.91. The maximum absolute atomic E-state index is 12.2. The first kappa shape index (κ1) is 19.3. The van der Waals surface area contributed by atoms with E-state index in [9.17, 15) is 9.59 Å². The second-order valence-corrected chi connectivity index (χ2v) is 5.43. The third-order valence-electron chi connectivity index (χ3n) is 3.71. The molecule has 6 nitrogen and oxygen atoms in total. The highest BCUT2D eigenvalue weighted by Crippen LogP contribution is 2.28. The van der Waals surface area contributed by atoms with E-state index < -0.39 is 11.9 Å². The summed E-state index contributed by atoms with van der Waals surface area (Å²) < 4.78 is 15.7. The van der Waals surface area contributed by atoms with Gasteiger partial charge in [-0.3, -0.25) is 4.79 Å². The molecule has 0 saturated heterocycles. The summed E-state index contributed by atoms with van der Waals surface area (Å²) in [5.74, 6) is -0.0200. The SMILES string of the molecule is CCOc1cc(C(=O)OCC(=O)Nc2ccccc2CC)ccc1OC. The van der Waals surface area contributed by atoms with Gasteiger partial charge in [0, 0.05) is 5.69 Å². The lowest BCUT2D eigenvalue weighted by atomic mass is 10.1. The molecule has 2 aromatic rings. The highest BCUT2D eigenvalue weighted by Gasteiger charge is 2.14. The van der Waals surface area contributed by atoms with Gasteiger partial charge in [0.2, 0.25) is 0 Å². The minimum atomic E-state index is -0.604. The highest BCUT2D eigenvalue weighted by molar-refractivity contribution is 5.96. The largest absolute Gasteiger partial charge is 0.493 e. The number of nitrogens with one attached hydrogen (secondary N) is 1. The van der Waals surface area contributed by atoms with Gasteiger partial charge in [0.25, 0.3) is 5.91 Å². The van der Waals surface area contributed by atoms with Gasteiger partial charge in [-0.15, -0.1) is 0 Å². The number of carbonyl (C=O) groups is 2. The predicted octanol–water partition coefficient (Wildman–Crippen LogP) is 3.45. The summed E-state index contributed by atoms with van der Waals surface area (Å²) in [7, 11) is 1.52. The van der Waals surface area contributed by atoms with Gasteiger partial charge in [0.15, 0.2) is 18.1 Å². The maximum Gasteiger partial charge on any atom is 0.338 e. The Morgan fingerprint density at radius 1 is 1.04 bits per heavy atom. The summed E-state index contributed by atoms with van der Waals surface area (Å²) in [5, 5.41) is 2.76. The number of rotatable bonds is 8. The monoisotopic (exact) mass is 357 g/mol. The van der Waals surface area contributed by atoms with Crippen LogP contribution in [-0.2, 0) is 16.0 Å². The number of ether oxygens (including phenoxy) is 3. The number of hydrogen-bond acceptors (Lipinski definition) is 5. The van der Waals surface area contributed by atoms with Crippen molar-refractivity contribution in [1.29, 1.82) is 0 Å². The van der Waals surface area contributed by atoms with Gasteiger partial charge in [0.1, 0.15) is 0 Å². The van der Waals surface area contributed by atoms with Crippen LogP contribution in [0.4, 0.5) is 5.69 Å². The number of carbonyl (C=O) groups excluding carboxylic acids is 2. The van der Waals surface area contributed by atoms with E-state index in [-0.39, 0.29) is 12.2 Å². The van der Waals surface area contributed by atoms with Crippen molar-refractivity contribution in [3.05, 3.63) is 53.6 Å². The molecule has 1 amide bonds. The van der Waals surface area contributed by atoms with Crippen molar-refractivity contribution in [3.63, 3.8) is 0 Å². The molecule has 0 spiro atoms. The van der Waals surface area contributed by atoms with Crippen molar-refractivity contribution in [2.75, 3.05) is 25.6 Å². The average molecular weight is 357 g/mol. The molecule has 138 valence electrons. The molecular formula is C20H23NO5. The Hall–Kier alpha value is -3.02. The zero-order valence-electron chi connectivity index (χ0n) is 15.2. The second kappa shape index (κ2) is 9.46. The molecule has 0 bridgehead atoms. The molecule has 0 aliphatic carbocycles. The van der Waals surface area contributed by atoms with Crippen molar-refractivity contribution in [2.45, 2.75) is 20.3 Å². The van der Waals surface area contributed by atoms with Gasteiger partial charge in [0.05, 0.1) is 19.3 Å². The second-order valence-electron chi connectivity index (χ2n) is 5.43. The number of para-hydroxylation sites is 1. The molecule has 2 rings (SSSR count). The summed E-state index contributed by atoms with van der Waals surface area (Å²) in [4.78, 5) is 24.2. The summed E-state index contributed by atoms with van der Waals surface area (Å²) in [6, 6.07) is 12.2. The normalized spacial score (nSPS) is 10.1. The first-order chi connectivity index (χ1) is 12.6. The molecule has 0 aliphatic heterocycles. The van der Waals surface area contributed by atoms with Crippen molar-refractivity contribution >= 4 is 17.6 Å². The molecule has 0 heterocycles. The van der Waals surface area contributed by atoms with E-state index >= 15 is 0 Å². The lowest BCUT2D eigenvalue weighted by Crippen LogP contribution is -2.21. The van der Waals surface area contributed by atoms with Crippen molar-refractivity contribution in [1.82, 2.24) is 0 Å². The van der Waals surface area contributed by atoms with E-state index in [1.807, 2.05) is 38.1 Å². The summed E-state index contributed by atoms with van der Waals surface area (Å²) in [5.41, 5.74) is 2.03. The number of amides is 1. The molecule has 1 N–H and O–H groups in total. The molecule has 0 aliphatic rings. The number of hydrogen-bond donors (Lipinski definition) is 1. The van der Waals surface area contributed by atoms with Crippen molar-refractivity contribution < 1.29 is 23.8 Å². The smallest absolute Gasteiger partial charge is 0.338 e. The fourth-order valence-corrected chi connectivity index (χ4v) is 2.42. The zero-order chi connectivity index (χ0) is 18.9. The van der Waals surface area contributed by atoms with Crippen LogP contribution >= 0.6 is 0 Å². The number of anilines is 1. The third kappa shape index (κ3) is 4.99. The average Bonchev–Trinajstić information content (AvgIpc) is 2.66. The Labute approximate surface area is 153 Å². The van der Waals surface area contributed by atoms with Crippen LogP contribution in [0.15, 0.2) is 42.5 Å². The van der Waals surface area contributed by atoms with Crippen LogP contribution in [-0.4, -0.2) is 32.2 Å². The molecule has 6 heteroatoms. The van der Waals surface area contributed by atoms with Crippen LogP contribution in [0, 0.1) is 0 Å². The molecule has 0 unspecified atom stereocenters. The minimum Gasteiger partial charge on any atom is -0.493 e. The van der Waals surface area contributed by atoms with Gasteiger partial charge in [-0.2, -0.15) is 0 Å². The molecule has 0 aromatic heterocycles. The van der Waals surface area contributed by atoms with E-state index in [4.69, 9.17) is 14.2 Å². The fraction of sp³-hybridized carbons (Fsp3) is 0.300. The lowest BCUT2D eigenvalue weighted by molar-refractivity contribution is -0.119. The van der Waals surface area contributed by atoms with Crippen LogP contribution in [0.3, 0.4) is 0 Å². The van der Waals surface area contributed by atoms with Gasteiger partial charge in [-0.25, -0.2) is 4.79 Å². The first-order valence-corrected chi connectivity index (χ1v) is 8.44. The number of aryl methyl sites for hydroxylation is 1. The predicted molar refractivity (Wildman–Crippen MR) is 98.9 cm³/mol. The molecule has 26 heavy (non-hydrogen) atoms. The van der Waals surface area contributed by atoms with E-state index in [0.717, 1.165) is 17.7 Å². The van der Waals surface area contributed by atoms with Crippen LogP contribution in [0.1, 0.15) is 29.8 Å². The van der Waals surface area contributed by atoms with Crippen LogP contribution in [0.5, 0.6) is 11.5 Å². The van der Waals surface area contributed by atoms with Gasteiger partial charge in [-0.1, -0.05) is 25.1 Å². The number of methoxy groups -OCH3 is 1. The highest BCUT2D eigenvalue weighted by atomic mass is 16.5. The molecular weight excluding hydrogens is 334 g/mol. The molecule has 0 fully saturated rings. The van der Waals surface area contributed by atoms with Gasteiger partial charge in [-0.05, 0) is 43.2 Å². The third-order valence-corrected chi connectivity index (χ3v) is 3.71.